The minimum atomic E-state index is -0.217. The quantitative estimate of drug-likeness (QED) is 0.870. The number of nitrogens with zero attached hydrogens (tertiary/aromatic N) is 2. The van der Waals surface area contributed by atoms with Gasteiger partial charge in [0.1, 0.15) is 22.6 Å². The van der Waals surface area contributed by atoms with Crippen LogP contribution in [0.25, 0.3) is 0 Å². The molecule has 0 spiro atoms. The van der Waals surface area contributed by atoms with Crippen molar-refractivity contribution in [3.05, 3.63) is 52.2 Å². The highest BCUT2D eigenvalue weighted by molar-refractivity contribution is 6.30. The Hall–Kier alpha value is -1.68. The highest BCUT2D eigenvalue weighted by Gasteiger charge is 2.06. The molecule has 3 nitrogen and oxygen atoms in total. The zero-order valence-corrected chi connectivity index (χ0v) is 11.6. The Labute approximate surface area is 116 Å². The summed E-state index contributed by atoms with van der Waals surface area (Å²) in [5, 5.41) is 3.70. The fourth-order valence-corrected chi connectivity index (χ4v) is 1.95. The Morgan fingerprint density at radius 1 is 1.16 bits per heavy atom. The van der Waals surface area contributed by atoms with Crippen molar-refractivity contribution >= 4 is 17.4 Å². The van der Waals surface area contributed by atoms with E-state index in [0.717, 1.165) is 23.4 Å². The van der Waals surface area contributed by atoms with Crippen molar-refractivity contribution in [3.8, 4) is 0 Å². The van der Waals surface area contributed by atoms with Crippen molar-refractivity contribution in [2.45, 2.75) is 20.3 Å². The first-order valence-electron chi connectivity index (χ1n) is 6.05. The third-order valence-electron chi connectivity index (χ3n) is 2.82. The van der Waals surface area contributed by atoms with Crippen molar-refractivity contribution in [1.82, 2.24) is 9.97 Å². The second-order valence-electron chi connectivity index (χ2n) is 4.34. The third kappa shape index (κ3) is 3.64. The van der Waals surface area contributed by atoms with Crippen molar-refractivity contribution < 1.29 is 4.39 Å². The summed E-state index contributed by atoms with van der Waals surface area (Å²) in [7, 11) is 0. The van der Waals surface area contributed by atoms with Gasteiger partial charge in [0.15, 0.2) is 0 Å². The number of hydrogen-bond acceptors (Lipinski definition) is 3. The van der Waals surface area contributed by atoms with Gasteiger partial charge in [-0.25, -0.2) is 14.4 Å². The minimum Gasteiger partial charge on any atom is -0.369 e. The number of hydrogen-bond donors (Lipinski definition) is 1. The van der Waals surface area contributed by atoms with E-state index in [1.165, 1.54) is 12.1 Å². The Bertz CT molecular complexity index is 570. The maximum atomic E-state index is 12.8. The van der Waals surface area contributed by atoms with Crippen LogP contribution in [0.15, 0.2) is 24.3 Å². The molecule has 0 radical (unpaired) electrons. The fraction of sp³-hybridized carbons (Fsp3) is 0.286. The van der Waals surface area contributed by atoms with E-state index in [1.807, 2.05) is 6.92 Å². The Balaban J connectivity index is 1.98. The SMILES string of the molecule is Cc1nc(Cl)c(C)c(NCCc2ccc(F)cc2)n1. The number of aryl methyl sites for hydroxylation is 1. The van der Waals surface area contributed by atoms with E-state index in [0.29, 0.717) is 17.5 Å². The number of benzene rings is 1. The zero-order chi connectivity index (χ0) is 13.8. The van der Waals surface area contributed by atoms with Crippen molar-refractivity contribution in [1.29, 1.82) is 0 Å². The van der Waals surface area contributed by atoms with Crippen LogP contribution in [-0.4, -0.2) is 16.5 Å². The van der Waals surface area contributed by atoms with E-state index in [2.05, 4.69) is 15.3 Å². The summed E-state index contributed by atoms with van der Waals surface area (Å²) < 4.78 is 12.8. The van der Waals surface area contributed by atoms with Gasteiger partial charge in [0, 0.05) is 12.1 Å². The standard InChI is InChI=1S/C14H15ClFN3/c1-9-13(15)18-10(2)19-14(9)17-8-7-11-3-5-12(16)6-4-11/h3-6H,7-8H2,1-2H3,(H,17,18,19). The lowest BCUT2D eigenvalue weighted by atomic mass is 10.1. The first-order valence-corrected chi connectivity index (χ1v) is 6.43. The number of anilines is 1. The molecule has 1 aromatic heterocycles. The summed E-state index contributed by atoms with van der Waals surface area (Å²) in [5.41, 5.74) is 1.91. The summed E-state index contributed by atoms with van der Waals surface area (Å²) in [6, 6.07) is 6.49. The van der Waals surface area contributed by atoms with E-state index in [4.69, 9.17) is 11.6 Å². The highest BCUT2D eigenvalue weighted by atomic mass is 35.5. The molecule has 0 saturated carbocycles. The second-order valence-corrected chi connectivity index (χ2v) is 4.70. The average Bonchev–Trinajstić information content (AvgIpc) is 2.37. The Morgan fingerprint density at radius 2 is 1.84 bits per heavy atom. The lowest BCUT2D eigenvalue weighted by molar-refractivity contribution is 0.627. The summed E-state index contributed by atoms with van der Waals surface area (Å²) in [6.07, 6.45) is 0.792. The minimum absolute atomic E-state index is 0.217. The van der Waals surface area contributed by atoms with Gasteiger partial charge in [-0.3, -0.25) is 0 Å². The molecule has 0 aliphatic heterocycles. The molecule has 1 heterocycles. The second kappa shape index (κ2) is 5.97. The average molecular weight is 280 g/mol. The van der Waals surface area contributed by atoms with Crippen LogP contribution in [-0.2, 0) is 6.42 Å². The molecule has 1 aromatic carbocycles. The molecule has 2 rings (SSSR count). The van der Waals surface area contributed by atoms with Gasteiger partial charge in [-0.2, -0.15) is 0 Å². The number of nitrogens with one attached hydrogen (secondary N) is 1. The maximum absolute atomic E-state index is 12.8. The lowest BCUT2D eigenvalue weighted by Crippen LogP contribution is -2.09. The molecule has 100 valence electrons. The smallest absolute Gasteiger partial charge is 0.137 e. The molecule has 0 unspecified atom stereocenters. The lowest BCUT2D eigenvalue weighted by Gasteiger charge is -2.10. The third-order valence-corrected chi connectivity index (χ3v) is 3.19. The normalized spacial score (nSPS) is 10.5. The molecular weight excluding hydrogens is 265 g/mol. The van der Waals surface area contributed by atoms with Gasteiger partial charge in [0.2, 0.25) is 0 Å². The number of aromatic nitrogens is 2. The van der Waals surface area contributed by atoms with Crippen LogP contribution in [0, 0.1) is 19.7 Å². The molecule has 1 N–H and O–H groups in total. The van der Waals surface area contributed by atoms with Gasteiger partial charge in [0.25, 0.3) is 0 Å². The van der Waals surface area contributed by atoms with E-state index in [1.54, 1.807) is 19.1 Å². The predicted octanol–water partition coefficient (Wildman–Crippen LogP) is 3.54. The first-order chi connectivity index (χ1) is 9.06. The summed E-state index contributed by atoms with van der Waals surface area (Å²) in [6.45, 7) is 4.39. The summed E-state index contributed by atoms with van der Waals surface area (Å²) >= 11 is 6.00. The van der Waals surface area contributed by atoms with Gasteiger partial charge in [-0.05, 0) is 38.0 Å². The van der Waals surface area contributed by atoms with Crippen LogP contribution in [0.4, 0.5) is 10.2 Å². The molecule has 0 aliphatic rings. The first kappa shape index (κ1) is 13.7. The maximum Gasteiger partial charge on any atom is 0.137 e. The molecule has 0 saturated heterocycles. The van der Waals surface area contributed by atoms with Gasteiger partial charge < -0.3 is 5.32 Å². The van der Waals surface area contributed by atoms with Gasteiger partial charge in [-0.15, -0.1) is 0 Å². The van der Waals surface area contributed by atoms with Gasteiger partial charge in [-0.1, -0.05) is 23.7 Å². The molecule has 19 heavy (non-hydrogen) atoms. The molecule has 0 fully saturated rings. The molecule has 0 bridgehead atoms. The van der Waals surface area contributed by atoms with Crippen molar-refractivity contribution in [3.63, 3.8) is 0 Å². The van der Waals surface area contributed by atoms with Crippen LogP contribution in [0.1, 0.15) is 17.0 Å². The van der Waals surface area contributed by atoms with E-state index < -0.39 is 0 Å². The fourth-order valence-electron chi connectivity index (χ4n) is 1.74. The van der Waals surface area contributed by atoms with Crippen LogP contribution in [0.3, 0.4) is 0 Å². The molecular formula is C14H15ClFN3. The zero-order valence-electron chi connectivity index (χ0n) is 10.9. The predicted molar refractivity (Wildman–Crippen MR) is 75.1 cm³/mol. The van der Waals surface area contributed by atoms with E-state index in [-0.39, 0.29) is 5.82 Å². The van der Waals surface area contributed by atoms with Crippen LogP contribution in [0.2, 0.25) is 5.15 Å². The summed E-state index contributed by atoms with van der Waals surface area (Å²) in [5.74, 6) is 1.17. The topological polar surface area (TPSA) is 37.8 Å². The molecule has 0 atom stereocenters. The molecule has 0 aliphatic carbocycles. The molecule has 0 amide bonds. The number of rotatable bonds is 4. The van der Waals surface area contributed by atoms with E-state index in [9.17, 15) is 4.39 Å². The van der Waals surface area contributed by atoms with Gasteiger partial charge >= 0.3 is 0 Å². The van der Waals surface area contributed by atoms with E-state index >= 15 is 0 Å². The highest BCUT2D eigenvalue weighted by Crippen LogP contribution is 2.19. The van der Waals surface area contributed by atoms with Gasteiger partial charge in [0.05, 0.1) is 0 Å². The largest absolute Gasteiger partial charge is 0.369 e. The van der Waals surface area contributed by atoms with Crippen LogP contribution >= 0.6 is 11.6 Å². The summed E-state index contributed by atoms with van der Waals surface area (Å²) in [4.78, 5) is 8.39. The Kier molecular flexibility index (Phi) is 4.32. The molecule has 2 aromatic rings. The monoisotopic (exact) mass is 279 g/mol. The van der Waals surface area contributed by atoms with Crippen molar-refractivity contribution in [2.75, 3.05) is 11.9 Å². The Morgan fingerprint density at radius 3 is 2.53 bits per heavy atom. The number of halogens is 2. The van der Waals surface area contributed by atoms with Crippen LogP contribution < -0.4 is 5.32 Å². The van der Waals surface area contributed by atoms with Crippen molar-refractivity contribution in [2.24, 2.45) is 0 Å². The molecule has 5 heteroatoms. The van der Waals surface area contributed by atoms with Crippen LogP contribution in [0.5, 0.6) is 0 Å².